The van der Waals surface area contributed by atoms with Crippen LogP contribution >= 0.6 is 22.9 Å². The molecule has 1 aromatic heterocycles. The van der Waals surface area contributed by atoms with Crippen LogP contribution in [0.4, 0.5) is 5.69 Å². The van der Waals surface area contributed by atoms with E-state index in [1.807, 2.05) is 0 Å². The minimum atomic E-state index is 0.434. The lowest BCUT2D eigenvalue weighted by molar-refractivity contribution is 0.958. The summed E-state index contributed by atoms with van der Waals surface area (Å²) < 4.78 is 0. The van der Waals surface area contributed by atoms with E-state index in [-0.39, 0.29) is 0 Å². The molecule has 0 amide bonds. The van der Waals surface area contributed by atoms with Gasteiger partial charge in [-0.2, -0.15) is 0 Å². The van der Waals surface area contributed by atoms with Crippen LogP contribution in [0.3, 0.4) is 0 Å². The van der Waals surface area contributed by atoms with E-state index in [0.717, 1.165) is 22.9 Å². The minimum Gasteiger partial charge on any atom is -0.378 e. The SMILES string of the molecule is CCc1cccc(CC)c1NCc1nnc(CCl)s1. The summed E-state index contributed by atoms with van der Waals surface area (Å²) in [5, 5.41) is 13.5. The molecule has 5 heteroatoms. The first kappa shape index (κ1) is 14.3. The van der Waals surface area contributed by atoms with Gasteiger partial charge in [0.1, 0.15) is 10.0 Å². The molecule has 0 saturated carbocycles. The zero-order valence-electron chi connectivity index (χ0n) is 11.2. The number of anilines is 1. The average Bonchev–Trinajstić information content (AvgIpc) is 2.92. The number of benzene rings is 1. The van der Waals surface area contributed by atoms with Gasteiger partial charge in [-0.1, -0.05) is 43.4 Å². The third kappa shape index (κ3) is 3.45. The van der Waals surface area contributed by atoms with E-state index >= 15 is 0 Å². The standard InChI is InChI=1S/C14H18ClN3S/c1-3-10-6-5-7-11(4-2)14(10)16-9-13-18-17-12(8-15)19-13/h5-7,16H,3-4,8-9H2,1-2H3. The molecule has 1 aromatic carbocycles. The number of aromatic nitrogens is 2. The molecule has 3 nitrogen and oxygen atoms in total. The number of halogens is 1. The third-order valence-corrected chi connectivity index (χ3v) is 4.37. The van der Waals surface area contributed by atoms with Gasteiger partial charge in [0.2, 0.25) is 0 Å². The highest BCUT2D eigenvalue weighted by atomic mass is 35.5. The highest BCUT2D eigenvalue weighted by Crippen LogP contribution is 2.23. The summed E-state index contributed by atoms with van der Waals surface area (Å²) in [5.41, 5.74) is 3.94. The van der Waals surface area contributed by atoms with Crippen LogP contribution in [-0.4, -0.2) is 10.2 Å². The minimum absolute atomic E-state index is 0.434. The highest BCUT2D eigenvalue weighted by Gasteiger charge is 2.08. The van der Waals surface area contributed by atoms with Crippen LogP contribution < -0.4 is 5.32 Å². The Bertz CT molecular complexity index is 517. The molecule has 19 heavy (non-hydrogen) atoms. The number of alkyl halides is 1. The van der Waals surface area contributed by atoms with E-state index in [1.54, 1.807) is 11.3 Å². The second kappa shape index (κ2) is 6.87. The Morgan fingerprint density at radius 2 is 1.74 bits per heavy atom. The van der Waals surface area contributed by atoms with Crippen molar-refractivity contribution in [2.45, 2.75) is 39.1 Å². The maximum absolute atomic E-state index is 5.74. The molecule has 1 heterocycles. The largest absolute Gasteiger partial charge is 0.378 e. The maximum atomic E-state index is 5.74. The summed E-state index contributed by atoms with van der Waals surface area (Å²) >= 11 is 7.30. The molecule has 2 rings (SSSR count). The van der Waals surface area contributed by atoms with Crippen LogP contribution in [0.15, 0.2) is 18.2 Å². The predicted octanol–water partition coefficient (Wildman–Crippen LogP) is 4.01. The number of nitrogens with one attached hydrogen (secondary N) is 1. The van der Waals surface area contributed by atoms with Gasteiger partial charge < -0.3 is 5.32 Å². The summed E-state index contributed by atoms with van der Waals surface area (Å²) in [6, 6.07) is 6.47. The van der Waals surface area contributed by atoms with Gasteiger partial charge in [0.15, 0.2) is 0 Å². The van der Waals surface area contributed by atoms with Crippen LogP contribution in [0.25, 0.3) is 0 Å². The Morgan fingerprint density at radius 1 is 1.11 bits per heavy atom. The van der Waals surface area contributed by atoms with E-state index in [0.29, 0.717) is 12.4 Å². The number of nitrogens with zero attached hydrogens (tertiary/aromatic N) is 2. The molecule has 0 bridgehead atoms. The zero-order valence-corrected chi connectivity index (χ0v) is 12.8. The summed E-state index contributed by atoms with van der Waals surface area (Å²) in [6.07, 6.45) is 2.05. The second-order valence-electron chi connectivity index (χ2n) is 4.24. The number of para-hydroxylation sites is 1. The fraction of sp³-hybridized carbons (Fsp3) is 0.429. The molecule has 0 unspecified atom stereocenters. The molecule has 0 saturated heterocycles. The van der Waals surface area contributed by atoms with Gasteiger partial charge in [0, 0.05) is 5.69 Å². The van der Waals surface area contributed by atoms with E-state index in [1.165, 1.54) is 16.8 Å². The summed E-state index contributed by atoms with van der Waals surface area (Å²) in [6.45, 7) is 5.06. The fourth-order valence-corrected chi connectivity index (χ4v) is 2.90. The molecule has 0 fully saturated rings. The van der Waals surface area contributed by atoms with Gasteiger partial charge >= 0.3 is 0 Å². The zero-order chi connectivity index (χ0) is 13.7. The Morgan fingerprint density at radius 3 is 2.26 bits per heavy atom. The van der Waals surface area contributed by atoms with Gasteiger partial charge in [-0.05, 0) is 24.0 Å². The Labute approximate surface area is 123 Å². The average molecular weight is 296 g/mol. The Hall–Kier alpha value is -1.13. The monoisotopic (exact) mass is 295 g/mol. The quantitative estimate of drug-likeness (QED) is 0.818. The van der Waals surface area contributed by atoms with Crippen molar-refractivity contribution in [3.8, 4) is 0 Å². The molecule has 102 valence electrons. The fourth-order valence-electron chi connectivity index (χ4n) is 2.05. The Balaban J connectivity index is 2.13. The van der Waals surface area contributed by atoms with Gasteiger partial charge in [-0.25, -0.2) is 0 Å². The summed E-state index contributed by atoms with van der Waals surface area (Å²) in [7, 11) is 0. The predicted molar refractivity (Wildman–Crippen MR) is 82.0 cm³/mol. The van der Waals surface area contributed by atoms with E-state index in [4.69, 9.17) is 11.6 Å². The molecule has 0 aliphatic rings. The van der Waals surface area contributed by atoms with Crippen molar-refractivity contribution >= 4 is 28.6 Å². The first-order chi connectivity index (χ1) is 9.28. The van der Waals surface area contributed by atoms with Gasteiger partial charge in [-0.15, -0.1) is 21.8 Å². The number of hydrogen-bond acceptors (Lipinski definition) is 4. The number of hydrogen-bond donors (Lipinski definition) is 1. The van der Waals surface area contributed by atoms with Crippen molar-refractivity contribution in [2.75, 3.05) is 5.32 Å². The van der Waals surface area contributed by atoms with Crippen molar-refractivity contribution < 1.29 is 0 Å². The second-order valence-corrected chi connectivity index (χ2v) is 5.65. The van der Waals surface area contributed by atoms with E-state index < -0.39 is 0 Å². The van der Waals surface area contributed by atoms with Crippen LogP contribution in [-0.2, 0) is 25.3 Å². The molecule has 2 aromatic rings. The number of rotatable bonds is 6. The number of aryl methyl sites for hydroxylation is 2. The molecule has 0 spiro atoms. The lowest BCUT2D eigenvalue weighted by atomic mass is 10.0. The molecule has 0 aliphatic carbocycles. The summed E-state index contributed by atoms with van der Waals surface area (Å²) in [5.74, 6) is 0.434. The lowest BCUT2D eigenvalue weighted by Crippen LogP contribution is -2.05. The molecule has 0 atom stereocenters. The van der Waals surface area contributed by atoms with Crippen molar-refractivity contribution in [3.63, 3.8) is 0 Å². The van der Waals surface area contributed by atoms with E-state index in [9.17, 15) is 0 Å². The van der Waals surface area contributed by atoms with Gasteiger partial charge in [0.25, 0.3) is 0 Å². The normalized spacial score (nSPS) is 10.7. The first-order valence-corrected chi connectivity index (χ1v) is 7.85. The highest BCUT2D eigenvalue weighted by molar-refractivity contribution is 7.11. The van der Waals surface area contributed by atoms with Crippen LogP contribution in [0.2, 0.25) is 0 Å². The van der Waals surface area contributed by atoms with Crippen molar-refractivity contribution in [1.82, 2.24) is 10.2 Å². The van der Waals surface area contributed by atoms with Gasteiger partial charge in [-0.3, -0.25) is 0 Å². The van der Waals surface area contributed by atoms with E-state index in [2.05, 4.69) is 47.6 Å². The van der Waals surface area contributed by atoms with Crippen LogP contribution in [0, 0.1) is 0 Å². The molecular weight excluding hydrogens is 278 g/mol. The van der Waals surface area contributed by atoms with Crippen LogP contribution in [0.5, 0.6) is 0 Å². The van der Waals surface area contributed by atoms with Crippen molar-refractivity contribution in [1.29, 1.82) is 0 Å². The molecular formula is C14H18ClN3S. The molecule has 1 N–H and O–H groups in total. The van der Waals surface area contributed by atoms with Crippen molar-refractivity contribution in [2.24, 2.45) is 0 Å². The maximum Gasteiger partial charge on any atom is 0.136 e. The molecule has 0 aliphatic heterocycles. The summed E-state index contributed by atoms with van der Waals surface area (Å²) in [4.78, 5) is 0. The topological polar surface area (TPSA) is 37.8 Å². The van der Waals surface area contributed by atoms with Gasteiger partial charge in [0.05, 0.1) is 12.4 Å². The molecule has 0 radical (unpaired) electrons. The Kier molecular flexibility index (Phi) is 5.16. The smallest absolute Gasteiger partial charge is 0.136 e. The third-order valence-electron chi connectivity index (χ3n) is 3.04. The van der Waals surface area contributed by atoms with Crippen molar-refractivity contribution in [3.05, 3.63) is 39.3 Å². The lowest BCUT2D eigenvalue weighted by Gasteiger charge is -2.14. The van der Waals surface area contributed by atoms with Crippen LogP contribution in [0.1, 0.15) is 35.0 Å². The first-order valence-electron chi connectivity index (χ1n) is 6.50.